The van der Waals surface area contributed by atoms with Crippen molar-refractivity contribution in [3.05, 3.63) is 78.4 Å². The number of carbonyl (C=O) groups is 2. The van der Waals surface area contributed by atoms with E-state index in [0.717, 1.165) is 11.1 Å². The van der Waals surface area contributed by atoms with Gasteiger partial charge in [-0.05, 0) is 68.8 Å². The summed E-state index contributed by atoms with van der Waals surface area (Å²) in [5, 5.41) is 5.53. The minimum absolute atomic E-state index is 0.243. The second kappa shape index (κ2) is 9.34. The molecule has 0 aliphatic rings. The van der Waals surface area contributed by atoms with Crippen molar-refractivity contribution in [2.45, 2.75) is 26.4 Å². The molecule has 2 amide bonds. The number of ether oxygens (including phenoxy) is 2. The molecular weight excluding hydrogens is 392 g/mol. The molecule has 160 valence electrons. The third-order valence-corrected chi connectivity index (χ3v) is 4.33. The molecule has 0 saturated heterocycles. The Hall–Kier alpha value is -3.80. The predicted molar refractivity (Wildman–Crippen MR) is 123 cm³/mol. The first-order chi connectivity index (χ1) is 14.7. The van der Waals surface area contributed by atoms with Gasteiger partial charge < -0.3 is 14.8 Å². The van der Waals surface area contributed by atoms with Gasteiger partial charge in [0.1, 0.15) is 11.4 Å². The van der Waals surface area contributed by atoms with Gasteiger partial charge >= 0.3 is 6.09 Å². The van der Waals surface area contributed by atoms with Crippen molar-refractivity contribution in [2.75, 3.05) is 17.7 Å². The SMILES string of the molecule is COc1ccc(C(=O)Nc2ccc(NC(=O)OC(C)(C)C)cc2)cc1-c1ccccc1. The smallest absolute Gasteiger partial charge is 0.412 e. The number of hydrogen-bond donors (Lipinski definition) is 2. The first kappa shape index (κ1) is 21.9. The van der Waals surface area contributed by atoms with Crippen LogP contribution in [0.4, 0.5) is 16.2 Å². The third kappa shape index (κ3) is 6.09. The van der Waals surface area contributed by atoms with Crippen LogP contribution in [-0.2, 0) is 4.74 Å². The van der Waals surface area contributed by atoms with Crippen molar-refractivity contribution in [2.24, 2.45) is 0 Å². The molecule has 31 heavy (non-hydrogen) atoms. The molecule has 3 aromatic carbocycles. The van der Waals surface area contributed by atoms with Crippen LogP contribution in [0, 0.1) is 0 Å². The first-order valence-corrected chi connectivity index (χ1v) is 9.90. The summed E-state index contributed by atoms with van der Waals surface area (Å²) < 4.78 is 10.7. The topological polar surface area (TPSA) is 76.7 Å². The zero-order valence-electron chi connectivity index (χ0n) is 18.1. The number of amides is 2. The molecule has 0 bridgehead atoms. The maximum atomic E-state index is 12.8. The van der Waals surface area contributed by atoms with Gasteiger partial charge in [-0.25, -0.2) is 4.79 Å². The lowest BCUT2D eigenvalue weighted by molar-refractivity contribution is 0.0635. The van der Waals surface area contributed by atoms with Gasteiger partial charge in [-0.15, -0.1) is 0 Å². The third-order valence-electron chi connectivity index (χ3n) is 4.33. The summed E-state index contributed by atoms with van der Waals surface area (Å²) in [5.41, 5.74) is 2.92. The molecule has 3 rings (SSSR count). The molecule has 0 aliphatic carbocycles. The summed E-state index contributed by atoms with van der Waals surface area (Å²) in [6.45, 7) is 5.40. The summed E-state index contributed by atoms with van der Waals surface area (Å²) in [4.78, 5) is 24.6. The largest absolute Gasteiger partial charge is 0.496 e. The van der Waals surface area contributed by atoms with Crippen molar-refractivity contribution in [1.29, 1.82) is 0 Å². The van der Waals surface area contributed by atoms with E-state index in [1.54, 1.807) is 64.3 Å². The fraction of sp³-hybridized carbons (Fsp3) is 0.200. The Labute approximate surface area is 182 Å². The van der Waals surface area contributed by atoms with E-state index in [9.17, 15) is 9.59 Å². The van der Waals surface area contributed by atoms with Gasteiger partial charge in [-0.3, -0.25) is 10.1 Å². The predicted octanol–water partition coefficient (Wildman–Crippen LogP) is 5.96. The van der Waals surface area contributed by atoms with Gasteiger partial charge in [0.25, 0.3) is 5.91 Å². The normalized spacial score (nSPS) is 10.8. The van der Waals surface area contributed by atoms with E-state index in [-0.39, 0.29) is 5.91 Å². The lowest BCUT2D eigenvalue weighted by Gasteiger charge is -2.19. The molecule has 0 aliphatic heterocycles. The minimum Gasteiger partial charge on any atom is -0.496 e. The van der Waals surface area contributed by atoms with Crippen LogP contribution < -0.4 is 15.4 Å². The van der Waals surface area contributed by atoms with Crippen molar-refractivity contribution in [1.82, 2.24) is 0 Å². The monoisotopic (exact) mass is 418 g/mol. The van der Waals surface area contributed by atoms with Crippen LogP contribution in [0.1, 0.15) is 31.1 Å². The Morgan fingerprint density at radius 1 is 0.806 bits per heavy atom. The zero-order chi connectivity index (χ0) is 22.4. The fourth-order valence-corrected chi connectivity index (χ4v) is 2.95. The number of nitrogens with one attached hydrogen (secondary N) is 2. The van der Waals surface area contributed by atoms with Crippen LogP contribution in [-0.4, -0.2) is 24.7 Å². The molecule has 3 aromatic rings. The highest BCUT2D eigenvalue weighted by Crippen LogP contribution is 2.31. The molecule has 0 heterocycles. The van der Waals surface area contributed by atoms with Crippen molar-refractivity contribution < 1.29 is 19.1 Å². The number of anilines is 2. The Kier molecular flexibility index (Phi) is 6.60. The first-order valence-electron chi connectivity index (χ1n) is 9.90. The molecule has 6 nitrogen and oxygen atoms in total. The highest BCUT2D eigenvalue weighted by Gasteiger charge is 2.16. The molecule has 2 N–H and O–H groups in total. The summed E-state index contributed by atoms with van der Waals surface area (Å²) in [5.74, 6) is 0.452. The van der Waals surface area contributed by atoms with E-state index in [0.29, 0.717) is 22.7 Å². The van der Waals surface area contributed by atoms with Crippen LogP contribution in [0.5, 0.6) is 5.75 Å². The Bertz CT molecular complexity index is 1060. The summed E-state index contributed by atoms with van der Waals surface area (Å²) in [6.07, 6.45) is -0.532. The van der Waals surface area contributed by atoms with Crippen LogP contribution in [0.15, 0.2) is 72.8 Å². The quantitative estimate of drug-likeness (QED) is 0.536. The molecule has 0 radical (unpaired) electrons. The molecule has 0 unspecified atom stereocenters. The molecular formula is C25H26N2O4. The molecule has 0 saturated carbocycles. The Balaban J connectivity index is 1.71. The van der Waals surface area contributed by atoms with Crippen LogP contribution in [0.2, 0.25) is 0 Å². The van der Waals surface area contributed by atoms with E-state index in [1.807, 2.05) is 36.4 Å². The second-order valence-corrected chi connectivity index (χ2v) is 7.94. The standard InChI is InChI=1S/C25H26N2O4/c1-25(2,3)31-24(29)27-20-13-11-19(12-14-20)26-23(28)18-10-15-22(30-4)21(16-18)17-8-6-5-7-9-17/h5-16H,1-4H3,(H,26,28)(H,27,29). The van der Waals surface area contributed by atoms with E-state index in [2.05, 4.69) is 10.6 Å². The average Bonchev–Trinajstić information content (AvgIpc) is 2.74. The lowest BCUT2D eigenvalue weighted by Crippen LogP contribution is -2.27. The van der Waals surface area contributed by atoms with Crippen molar-refractivity contribution in [3.8, 4) is 16.9 Å². The lowest BCUT2D eigenvalue weighted by atomic mass is 10.0. The summed E-state index contributed by atoms with van der Waals surface area (Å²) in [6, 6.07) is 21.9. The fourth-order valence-electron chi connectivity index (χ4n) is 2.95. The number of hydrogen-bond acceptors (Lipinski definition) is 4. The average molecular weight is 418 g/mol. The second-order valence-electron chi connectivity index (χ2n) is 7.94. The number of benzene rings is 3. The summed E-state index contributed by atoms with van der Waals surface area (Å²) >= 11 is 0. The Morgan fingerprint density at radius 3 is 2.00 bits per heavy atom. The molecule has 0 atom stereocenters. The van der Waals surface area contributed by atoms with Gasteiger partial charge in [-0.2, -0.15) is 0 Å². The zero-order valence-corrected chi connectivity index (χ0v) is 18.1. The maximum Gasteiger partial charge on any atom is 0.412 e. The van der Waals surface area contributed by atoms with Crippen molar-refractivity contribution in [3.63, 3.8) is 0 Å². The van der Waals surface area contributed by atoms with E-state index in [1.165, 1.54) is 0 Å². The molecule has 0 spiro atoms. The van der Waals surface area contributed by atoms with Crippen molar-refractivity contribution >= 4 is 23.4 Å². The summed E-state index contributed by atoms with van der Waals surface area (Å²) in [7, 11) is 1.61. The molecule has 6 heteroatoms. The van der Waals surface area contributed by atoms with E-state index >= 15 is 0 Å². The highest BCUT2D eigenvalue weighted by atomic mass is 16.6. The highest BCUT2D eigenvalue weighted by molar-refractivity contribution is 6.05. The molecule has 0 fully saturated rings. The van der Waals surface area contributed by atoms with Gasteiger partial charge in [0.2, 0.25) is 0 Å². The van der Waals surface area contributed by atoms with Gasteiger partial charge in [0.05, 0.1) is 7.11 Å². The minimum atomic E-state index is -0.574. The Morgan fingerprint density at radius 2 is 1.42 bits per heavy atom. The van der Waals surface area contributed by atoms with Gasteiger partial charge in [0.15, 0.2) is 0 Å². The van der Waals surface area contributed by atoms with Crippen LogP contribution in [0.3, 0.4) is 0 Å². The van der Waals surface area contributed by atoms with Gasteiger partial charge in [0, 0.05) is 22.5 Å². The van der Waals surface area contributed by atoms with Crippen LogP contribution in [0.25, 0.3) is 11.1 Å². The van der Waals surface area contributed by atoms with E-state index < -0.39 is 11.7 Å². The number of methoxy groups -OCH3 is 1. The molecule has 0 aromatic heterocycles. The number of carbonyl (C=O) groups excluding carboxylic acids is 2. The number of rotatable bonds is 5. The van der Waals surface area contributed by atoms with E-state index in [4.69, 9.17) is 9.47 Å². The maximum absolute atomic E-state index is 12.8. The van der Waals surface area contributed by atoms with Crippen LogP contribution >= 0.6 is 0 Å². The van der Waals surface area contributed by atoms with Gasteiger partial charge in [-0.1, -0.05) is 30.3 Å².